The summed E-state index contributed by atoms with van der Waals surface area (Å²) in [5.74, 6) is -0.508. The molecule has 3 atom stereocenters. The molecule has 2 N–H and O–H groups in total. The second-order valence-electron chi connectivity index (χ2n) is 8.40. The molecule has 1 fully saturated rings. The maximum absolute atomic E-state index is 13.2. The maximum Gasteiger partial charge on any atom is 0.416 e. The second kappa shape index (κ2) is 10.2. The monoisotopic (exact) mass is 473 g/mol. The van der Waals surface area contributed by atoms with Crippen molar-refractivity contribution >= 4 is 5.91 Å². The molecule has 1 amide bonds. The summed E-state index contributed by atoms with van der Waals surface area (Å²) in [6.45, 7) is -0.385. The van der Waals surface area contributed by atoms with Gasteiger partial charge >= 0.3 is 12.4 Å². The number of primary amides is 1. The molecule has 180 valence electrons. The van der Waals surface area contributed by atoms with E-state index in [-0.39, 0.29) is 36.5 Å². The van der Waals surface area contributed by atoms with E-state index in [0.717, 1.165) is 18.4 Å². The van der Waals surface area contributed by atoms with Crippen LogP contribution in [-0.4, -0.2) is 12.0 Å². The summed E-state index contributed by atoms with van der Waals surface area (Å²) in [5, 5.41) is 0. The van der Waals surface area contributed by atoms with Gasteiger partial charge in [0.25, 0.3) is 0 Å². The molecule has 0 radical (unpaired) electrons. The third-order valence-electron chi connectivity index (χ3n) is 6.03. The van der Waals surface area contributed by atoms with Crippen molar-refractivity contribution in [2.45, 2.75) is 63.1 Å². The van der Waals surface area contributed by atoms with Gasteiger partial charge in [0.05, 0.1) is 23.8 Å². The van der Waals surface area contributed by atoms with Crippen LogP contribution < -0.4 is 5.73 Å². The molecule has 1 aliphatic rings. The third kappa shape index (κ3) is 6.72. The van der Waals surface area contributed by atoms with Gasteiger partial charge in [0.15, 0.2) is 0 Å². The van der Waals surface area contributed by atoms with Gasteiger partial charge in [-0.3, -0.25) is 4.79 Å². The van der Waals surface area contributed by atoms with Gasteiger partial charge in [-0.15, -0.1) is 0 Å². The Bertz CT molecular complexity index is 910. The summed E-state index contributed by atoms with van der Waals surface area (Å²) in [5.41, 5.74) is 3.35. The SMILES string of the molecule is NC(=O)CCC1CCCC(OCc2cc(C(F)(F)F)cc(C(F)(F)F)c2)C1c1ccccc1. The molecule has 0 bridgehead atoms. The maximum atomic E-state index is 13.2. The van der Waals surface area contributed by atoms with Crippen LogP contribution in [0.15, 0.2) is 48.5 Å². The number of benzene rings is 2. The van der Waals surface area contributed by atoms with Crippen molar-refractivity contribution in [1.29, 1.82) is 0 Å². The number of carbonyl (C=O) groups excluding carboxylic acids is 1. The summed E-state index contributed by atoms with van der Waals surface area (Å²) in [6.07, 6.45) is -7.29. The lowest BCUT2D eigenvalue weighted by molar-refractivity contribution is -0.143. The van der Waals surface area contributed by atoms with Crippen molar-refractivity contribution in [2.24, 2.45) is 11.7 Å². The number of hydrogen-bond acceptors (Lipinski definition) is 2. The first-order chi connectivity index (χ1) is 15.4. The second-order valence-corrected chi connectivity index (χ2v) is 8.40. The highest BCUT2D eigenvalue weighted by molar-refractivity contribution is 5.73. The summed E-state index contributed by atoms with van der Waals surface area (Å²) < 4.78 is 85.0. The molecular formula is C24H25F6NO2. The smallest absolute Gasteiger partial charge is 0.373 e. The zero-order valence-corrected chi connectivity index (χ0v) is 17.8. The molecule has 3 unspecified atom stereocenters. The van der Waals surface area contributed by atoms with Crippen LogP contribution in [0.1, 0.15) is 60.3 Å². The quantitative estimate of drug-likeness (QED) is 0.470. The summed E-state index contributed by atoms with van der Waals surface area (Å²) in [4.78, 5) is 11.3. The van der Waals surface area contributed by atoms with Crippen LogP contribution in [-0.2, 0) is 28.5 Å². The van der Waals surface area contributed by atoms with Crippen LogP contribution in [0.3, 0.4) is 0 Å². The van der Waals surface area contributed by atoms with Gasteiger partial charge in [0.1, 0.15) is 0 Å². The van der Waals surface area contributed by atoms with E-state index in [1.54, 1.807) is 0 Å². The summed E-state index contributed by atoms with van der Waals surface area (Å²) >= 11 is 0. The molecule has 3 rings (SSSR count). The lowest BCUT2D eigenvalue weighted by Gasteiger charge is -2.38. The fourth-order valence-electron chi connectivity index (χ4n) is 4.55. The highest BCUT2D eigenvalue weighted by Gasteiger charge is 2.38. The highest BCUT2D eigenvalue weighted by atomic mass is 19.4. The molecule has 2 aromatic rings. The molecule has 0 aliphatic heterocycles. The Morgan fingerprint density at radius 3 is 2.09 bits per heavy atom. The van der Waals surface area contributed by atoms with Gasteiger partial charge in [0.2, 0.25) is 5.91 Å². The van der Waals surface area contributed by atoms with E-state index in [9.17, 15) is 31.1 Å². The lowest BCUT2D eigenvalue weighted by Crippen LogP contribution is -2.33. The third-order valence-corrected chi connectivity index (χ3v) is 6.03. The van der Waals surface area contributed by atoms with Crippen molar-refractivity contribution in [1.82, 2.24) is 0 Å². The van der Waals surface area contributed by atoms with Crippen LogP contribution in [0, 0.1) is 5.92 Å². The van der Waals surface area contributed by atoms with Crippen LogP contribution in [0.4, 0.5) is 26.3 Å². The van der Waals surface area contributed by atoms with Crippen LogP contribution in [0.2, 0.25) is 0 Å². The number of alkyl halides is 6. The number of halogens is 6. The molecule has 3 nitrogen and oxygen atoms in total. The van der Waals surface area contributed by atoms with Crippen LogP contribution in [0.5, 0.6) is 0 Å². The first-order valence-electron chi connectivity index (χ1n) is 10.7. The van der Waals surface area contributed by atoms with Gasteiger partial charge in [-0.2, -0.15) is 26.3 Å². The van der Waals surface area contributed by atoms with Crippen molar-refractivity contribution in [3.05, 3.63) is 70.8 Å². The minimum absolute atomic E-state index is 0.0610. The van der Waals surface area contributed by atoms with Gasteiger partial charge < -0.3 is 10.5 Å². The largest absolute Gasteiger partial charge is 0.416 e. The van der Waals surface area contributed by atoms with Crippen molar-refractivity contribution in [2.75, 3.05) is 0 Å². The van der Waals surface area contributed by atoms with E-state index in [1.807, 2.05) is 30.3 Å². The van der Waals surface area contributed by atoms with Crippen molar-refractivity contribution in [3.8, 4) is 0 Å². The highest BCUT2D eigenvalue weighted by Crippen LogP contribution is 2.43. The van der Waals surface area contributed by atoms with E-state index >= 15 is 0 Å². The molecule has 33 heavy (non-hydrogen) atoms. The fourth-order valence-corrected chi connectivity index (χ4v) is 4.55. The number of nitrogens with two attached hydrogens (primary N) is 1. The number of rotatable bonds is 7. The standard InChI is InChI=1S/C24H25F6NO2/c25-23(26,27)18-11-15(12-19(13-18)24(28,29)30)14-33-20-8-4-7-17(9-10-21(31)32)22(20)16-5-2-1-3-6-16/h1-3,5-6,11-13,17,20,22H,4,7-10,14H2,(H2,31,32). The van der Waals surface area contributed by atoms with E-state index in [0.29, 0.717) is 25.0 Å². The van der Waals surface area contributed by atoms with Gasteiger partial charge in [-0.1, -0.05) is 36.8 Å². The van der Waals surface area contributed by atoms with Crippen LogP contribution in [0.25, 0.3) is 0 Å². The number of carbonyl (C=O) groups is 1. The molecule has 1 saturated carbocycles. The van der Waals surface area contributed by atoms with Gasteiger partial charge in [-0.05, 0) is 54.5 Å². The van der Waals surface area contributed by atoms with E-state index in [4.69, 9.17) is 10.5 Å². The normalized spacial score (nSPS) is 21.7. The Kier molecular flexibility index (Phi) is 7.72. The summed E-state index contributed by atoms with van der Waals surface area (Å²) in [7, 11) is 0. The molecule has 1 aliphatic carbocycles. The van der Waals surface area contributed by atoms with Crippen molar-refractivity contribution in [3.63, 3.8) is 0 Å². The number of hydrogen-bond donors (Lipinski definition) is 1. The van der Waals surface area contributed by atoms with Gasteiger partial charge in [-0.25, -0.2) is 0 Å². The topological polar surface area (TPSA) is 52.3 Å². The summed E-state index contributed by atoms with van der Waals surface area (Å²) in [6, 6.07) is 10.9. The van der Waals surface area contributed by atoms with Crippen LogP contribution >= 0.6 is 0 Å². The van der Waals surface area contributed by atoms with E-state index in [1.165, 1.54) is 0 Å². The predicted molar refractivity (Wildman–Crippen MR) is 110 cm³/mol. The molecule has 0 spiro atoms. The lowest BCUT2D eigenvalue weighted by atomic mass is 9.71. The molecule has 0 aromatic heterocycles. The van der Waals surface area contributed by atoms with Crippen molar-refractivity contribution < 1.29 is 35.9 Å². The van der Waals surface area contributed by atoms with Gasteiger partial charge in [0, 0.05) is 12.3 Å². The van der Waals surface area contributed by atoms with E-state index in [2.05, 4.69) is 0 Å². The number of ether oxygens (including phenoxy) is 1. The minimum Gasteiger partial charge on any atom is -0.373 e. The first-order valence-corrected chi connectivity index (χ1v) is 10.7. The zero-order valence-electron chi connectivity index (χ0n) is 17.8. The Labute approximate surface area is 187 Å². The molecule has 0 heterocycles. The average molecular weight is 473 g/mol. The Morgan fingerprint density at radius 2 is 1.55 bits per heavy atom. The molecular weight excluding hydrogens is 448 g/mol. The minimum atomic E-state index is -4.91. The Morgan fingerprint density at radius 1 is 0.939 bits per heavy atom. The Hall–Kier alpha value is -2.55. The first kappa shape index (κ1) is 25.1. The predicted octanol–water partition coefficient (Wildman–Crippen LogP) is 6.46. The van der Waals surface area contributed by atoms with E-state index < -0.39 is 35.5 Å². The molecule has 9 heteroatoms. The zero-order chi connectivity index (χ0) is 24.2. The molecule has 0 saturated heterocycles. The number of amides is 1. The fraction of sp³-hybridized carbons (Fsp3) is 0.458. The average Bonchev–Trinajstić information content (AvgIpc) is 2.75. The Balaban J connectivity index is 1.85. The molecule has 2 aromatic carbocycles.